The first-order chi connectivity index (χ1) is 13.0. The zero-order valence-electron chi connectivity index (χ0n) is 14.6. The van der Waals surface area contributed by atoms with E-state index in [1.54, 1.807) is 30.3 Å². The lowest BCUT2D eigenvalue weighted by atomic mass is 10.2. The Labute approximate surface area is 166 Å². The zero-order chi connectivity index (χ0) is 19.2. The average molecular weight is 400 g/mol. The Hall–Kier alpha value is -2.83. The minimum absolute atomic E-state index is 0.0534. The Morgan fingerprint density at radius 3 is 2.41 bits per heavy atom. The van der Waals surface area contributed by atoms with Crippen molar-refractivity contribution in [1.82, 2.24) is 0 Å². The fourth-order valence-electron chi connectivity index (χ4n) is 2.45. The summed E-state index contributed by atoms with van der Waals surface area (Å²) in [7, 11) is 0. The summed E-state index contributed by atoms with van der Waals surface area (Å²) < 4.78 is 0. The second kappa shape index (κ2) is 8.70. The highest BCUT2D eigenvalue weighted by molar-refractivity contribution is 7.12. The van der Waals surface area contributed by atoms with Crippen molar-refractivity contribution in [3.05, 3.63) is 75.4 Å². The molecular weight excluding hydrogens is 382 g/mol. The molecule has 0 saturated carbocycles. The largest absolute Gasteiger partial charge is 0.374 e. The summed E-state index contributed by atoms with van der Waals surface area (Å²) in [6, 6.07) is 16.2. The molecule has 3 aromatic rings. The van der Waals surface area contributed by atoms with Gasteiger partial charge in [-0.25, -0.2) is 0 Å². The number of carbonyl (C=O) groups excluding carboxylic acids is 2. The summed E-state index contributed by atoms with van der Waals surface area (Å²) in [6.45, 7) is 1.90. The number of nitrogens with one attached hydrogen (secondary N) is 3. The summed E-state index contributed by atoms with van der Waals surface area (Å²) in [5.41, 5.74) is 2.77. The fraction of sp³-hybridized carbons (Fsp3) is 0.100. The molecule has 0 saturated heterocycles. The SMILES string of the molecule is Cc1c(Cl)cccc1NC(=O)CNc1ccccc1NC(=O)c1cccs1. The number of benzene rings is 2. The molecule has 0 fully saturated rings. The van der Waals surface area contributed by atoms with E-state index < -0.39 is 0 Å². The topological polar surface area (TPSA) is 70.2 Å². The summed E-state index contributed by atoms with van der Waals surface area (Å²) in [5.74, 6) is -0.391. The number of hydrogen-bond donors (Lipinski definition) is 3. The van der Waals surface area contributed by atoms with Crippen molar-refractivity contribution < 1.29 is 9.59 Å². The number of rotatable bonds is 6. The van der Waals surface area contributed by atoms with Gasteiger partial charge in [0.15, 0.2) is 0 Å². The van der Waals surface area contributed by atoms with Crippen LogP contribution in [0.3, 0.4) is 0 Å². The molecule has 2 amide bonds. The second-order valence-electron chi connectivity index (χ2n) is 5.79. The van der Waals surface area contributed by atoms with Gasteiger partial charge in [-0.15, -0.1) is 11.3 Å². The van der Waals surface area contributed by atoms with E-state index >= 15 is 0 Å². The Morgan fingerprint density at radius 2 is 1.67 bits per heavy atom. The molecule has 0 aliphatic carbocycles. The summed E-state index contributed by atoms with van der Waals surface area (Å²) in [6.07, 6.45) is 0. The van der Waals surface area contributed by atoms with E-state index in [2.05, 4.69) is 16.0 Å². The van der Waals surface area contributed by atoms with Gasteiger partial charge in [0, 0.05) is 10.7 Å². The smallest absolute Gasteiger partial charge is 0.265 e. The Bertz CT molecular complexity index is 958. The third-order valence-corrected chi connectivity index (χ3v) is 5.18. The van der Waals surface area contributed by atoms with Gasteiger partial charge in [-0.05, 0) is 48.2 Å². The molecule has 1 aromatic heterocycles. The molecule has 0 radical (unpaired) electrons. The summed E-state index contributed by atoms with van der Waals surface area (Å²) >= 11 is 7.45. The van der Waals surface area contributed by atoms with E-state index in [-0.39, 0.29) is 18.4 Å². The third-order valence-electron chi connectivity index (χ3n) is 3.90. The standard InChI is InChI=1S/C20H18ClN3O2S/c1-13-14(21)6-4-9-15(13)23-19(25)12-22-16-7-2-3-8-17(16)24-20(26)18-10-5-11-27-18/h2-11,22H,12H2,1H3,(H,23,25)(H,24,26). The molecule has 0 aliphatic rings. The van der Waals surface area contributed by atoms with Crippen LogP contribution >= 0.6 is 22.9 Å². The van der Waals surface area contributed by atoms with Crippen molar-refractivity contribution in [2.75, 3.05) is 22.5 Å². The van der Waals surface area contributed by atoms with Crippen LogP contribution in [-0.4, -0.2) is 18.4 Å². The molecule has 0 spiro atoms. The lowest BCUT2D eigenvalue weighted by molar-refractivity contribution is -0.114. The van der Waals surface area contributed by atoms with Crippen LogP contribution in [0.5, 0.6) is 0 Å². The number of carbonyl (C=O) groups is 2. The molecule has 3 rings (SSSR count). The molecule has 0 atom stereocenters. The highest BCUT2D eigenvalue weighted by Crippen LogP contribution is 2.24. The molecule has 138 valence electrons. The minimum Gasteiger partial charge on any atom is -0.374 e. The Kier molecular flexibility index (Phi) is 6.11. The lowest BCUT2D eigenvalue weighted by Gasteiger charge is -2.14. The highest BCUT2D eigenvalue weighted by atomic mass is 35.5. The third kappa shape index (κ3) is 4.87. The zero-order valence-corrected chi connectivity index (χ0v) is 16.2. The molecular formula is C20H18ClN3O2S. The fourth-order valence-corrected chi connectivity index (χ4v) is 3.24. The van der Waals surface area contributed by atoms with Crippen LogP contribution in [0.1, 0.15) is 15.2 Å². The number of para-hydroxylation sites is 2. The van der Waals surface area contributed by atoms with E-state index in [0.29, 0.717) is 27.0 Å². The maximum absolute atomic E-state index is 12.3. The molecule has 7 heteroatoms. The van der Waals surface area contributed by atoms with Gasteiger partial charge in [0.05, 0.1) is 22.8 Å². The van der Waals surface area contributed by atoms with Crippen molar-refractivity contribution in [2.45, 2.75) is 6.92 Å². The Morgan fingerprint density at radius 1 is 0.926 bits per heavy atom. The Balaban J connectivity index is 1.63. The highest BCUT2D eigenvalue weighted by Gasteiger charge is 2.11. The van der Waals surface area contributed by atoms with Gasteiger partial charge in [0.2, 0.25) is 5.91 Å². The van der Waals surface area contributed by atoms with E-state index in [9.17, 15) is 9.59 Å². The molecule has 3 N–H and O–H groups in total. The van der Waals surface area contributed by atoms with Crippen molar-refractivity contribution >= 4 is 51.8 Å². The van der Waals surface area contributed by atoms with Crippen molar-refractivity contribution in [1.29, 1.82) is 0 Å². The van der Waals surface area contributed by atoms with E-state index in [0.717, 1.165) is 5.56 Å². The van der Waals surface area contributed by atoms with Gasteiger partial charge in [0.1, 0.15) is 0 Å². The average Bonchev–Trinajstić information content (AvgIpc) is 3.20. The normalized spacial score (nSPS) is 10.3. The number of thiophene rings is 1. The second-order valence-corrected chi connectivity index (χ2v) is 7.15. The first-order valence-electron chi connectivity index (χ1n) is 8.27. The summed E-state index contributed by atoms with van der Waals surface area (Å²) in [5, 5.41) is 11.2. The van der Waals surface area contributed by atoms with Crippen molar-refractivity contribution in [3.63, 3.8) is 0 Å². The first kappa shape index (κ1) is 18.9. The molecule has 5 nitrogen and oxygen atoms in total. The van der Waals surface area contributed by atoms with Gasteiger partial charge in [0.25, 0.3) is 5.91 Å². The van der Waals surface area contributed by atoms with Crippen LogP contribution in [-0.2, 0) is 4.79 Å². The monoisotopic (exact) mass is 399 g/mol. The molecule has 0 aliphatic heterocycles. The number of halogens is 1. The van der Waals surface area contributed by atoms with Crippen LogP contribution in [0.15, 0.2) is 60.0 Å². The number of amides is 2. The van der Waals surface area contributed by atoms with Crippen LogP contribution in [0, 0.1) is 6.92 Å². The van der Waals surface area contributed by atoms with E-state index in [4.69, 9.17) is 11.6 Å². The minimum atomic E-state index is -0.209. The van der Waals surface area contributed by atoms with E-state index in [1.807, 2.05) is 36.6 Å². The van der Waals surface area contributed by atoms with Gasteiger partial charge in [-0.1, -0.05) is 35.9 Å². The number of anilines is 3. The lowest BCUT2D eigenvalue weighted by Crippen LogP contribution is -2.23. The van der Waals surface area contributed by atoms with Crippen LogP contribution in [0.2, 0.25) is 5.02 Å². The predicted molar refractivity (Wildman–Crippen MR) is 112 cm³/mol. The van der Waals surface area contributed by atoms with Crippen LogP contribution in [0.25, 0.3) is 0 Å². The first-order valence-corrected chi connectivity index (χ1v) is 9.53. The van der Waals surface area contributed by atoms with Gasteiger partial charge < -0.3 is 16.0 Å². The molecule has 27 heavy (non-hydrogen) atoms. The maximum atomic E-state index is 12.3. The molecule has 2 aromatic carbocycles. The van der Waals surface area contributed by atoms with Gasteiger partial charge in [-0.2, -0.15) is 0 Å². The quantitative estimate of drug-likeness (QED) is 0.545. The number of hydrogen-bond acceptors (Lipinski definition) is 4. The predicted octanol–water partition coefficient (Wildman–Crippen LogP) is 5.01. The maximum Gasteiger partial charge on any atom is 0.265 e. The summed E-state index contributed by atoms with van der Waals surface area (Å²) in [4.78, 5) is 25.1. The van der Waals surface area contributed by atoms with Gasteiger partial charge in [-0.3, -0.25) is 9.59 Å². The molecule has 0 bridgehead atoms. The van der Waals surface area contributed by atoms with E-state index in [1.165, 1.54) is 11.3 Å². The van der Waals surface area contributed by atoms with Crippen molar-refractivity contribution in [2.24, 2.45) is 0 Å². The molecule has 0 unspecified atom stereocenters. The van der Waals surface area contributed by atoms with Gasteiger partial charge >= 0.3 is 0 Å². The van der Waals surface area contributed by atoms with Crippen molar-refractivity contribution in [3.8, 4) is 0 Å². The van der Waals surface area contributed by atoms with Crippen LogP contribution in [0.4, 0.5) is 17.1 Å². The molecule has 1 heterocycles. The van der Waals surface area contributed by atoms with Crippen LogP contribution < -0.4 is 16.0 Å².